The van der Waals surface area contributed by atoms with Gasteiger partial charge in [0.25, 0.3) is 0 Å². The minimum absolute atomic E-state index is 0.195. The maximum Gasteiger partial charge on any atom is 0.461 e. The van der Waals surface area contributed by atoms with Gasteiger partial charge in [-0.25, -0.2) is 0 Å². The van der Waals surface area contributed by atoms with E-state index in [1.165, 1.54) is 55.5 Å². The standard InChI is InChI=1S/C18H36O.C7H15.Al/c1-8-11-18(19,12-16(9-2)14(4)5)13-17(10-3)15(6)7;1-5-7(4)6(2)3;/h14-17H,1,8-13H2,2-7H3;6-7H,4-5H2,1-3H3;/q-1;;+1. The summed E-state index contributed by atoms with van der Waals surface area (Å²) in [4.78, 5) is 0. The molecule has 0 spiro atoms. The van der Waals surface area contributed by atoms with E-state index in [1.54, 1.807) is 0 Å². The molecule has 0 bridgehead atoms. The van der Waals surface area contributed by atoms with E-state index in [-0.39, 0.29) is 5.60 Å². The van der Waals surface area contributed by atoms with Crippen molar-refractivity contribution in [1.82, 2.24) is 0 Å². The van der Waals surface area contributed by atoms with E-state index in [2.05, 4.69) is 62.3 Å². The van der Waals surface area contributed by atoms with Crippen molar-refractivity contribution in [2.45, 2.75) is 123 Å². The van der Waals surface area contributed by atoms with E-state index < -0.39 is 14.5 Å². The van der Waals surface area contributed by atoms with Crippen molar-refractivity contribution in [2.24, 2.45) is 35.5 Å². The topological polar surface area (TPSA) is 9.23 Å². The van der Waals surface area contributed by atoms with E-state index in [4.69, 9.17) is 3.79 Å². The molecule has 1 aliphatic heterocycles. The Labute approximate surface area is 177 Å². The minimum Gasteiger partial charge on any atom is -0.496 e. The van der Waals surface area contributed by atoms with Crippen LogP contribution in [-0.4, -0.2) is 20.1 Å². The van der Waals surface area contributed by atoms with E-state index in [0.29, 0.717) is 0 Å². The number of hydrogen-bond donors (Lipinski definition) is 0. The normalized spacial score (nSPS) is 24.7. The average molecular weight is 395 g/mol. The molecule has 1 heterocycles. The second-order valence-corrected chi connectivity index (χ2v) is 13.2. The van der Waals surface area contributed by atoms with Gasteiger partial charge in [0.15, 0.2) is 0 Å². The van der Waals surface area contributed by atoms with E-state index in [1.807, 2.05) is 0 Å². The Balaban J connectivity index is 3.01. The third kappa shape index (κ3) is 8.03. The van der Waals surface area contributed by atoms with Gasteiger partial charge in [0.2, 0.25) is 0 Å². The van der Waals surface area contributed by atoms with Crippen LogP contribution in [0.5, 0.6) is 0 Å². The predicted molar refractivity (Wildman–Crippen MR) is 124 cm³/mol. The quantitative estimate of drug-likeness (QED) is 0.302. The van der Waals surface area contributed by atoms with Crippen LogP contribution >= 0.6 is 0 Å². The summed E-state index contributed by atoms with van der Waals surface area (Å²) in [5, 5.41) is 2.83. The van der Waals surface area contributed by atoms with Crippen LogP contribution in [0, 0.1) is 35.5 Å². The average Bonchev–Trinajstić information content (AvgIpc) is 2.61. The highest BCUT2D eigenvalue weighted by molar-refractivity contribution is 6.52. The van der Waals surface area contributed by atoms with Crippen LogP contribution in [0.4, 0.5) is 0 Å². The van der Waals surface area contributed by atoms with Gasteiger partial charge in [0.05, 0.1) is 0 Å². The smallest absolute Gasteiger partial charge is 0.461 e. The summed E-state index contributed by atoms with van der Waals surface area (Å²) in [6, 6.07) is 0. The third-order valence-corrected chi connectivity index (χ3v) is 10.8. The van der Waals surface area contributed by atoms with Crippen molar-refractivity contribution in [1.29, 1.82) is 0 Å². The van der Waals surface area contributed by atoms with Crippen LogP contribution in [0.3, 0.4) is 0 Å². The van der Waals surface area contributed by atoms with Crippen molar-refractivity contribution in [2.75, 3.05) is 0 Å². The lowest BCUT2D eigenvalue weighted by atomic mass is 9.73. The van der Waals surface area contributed by atoms with Crippen molar-refractivity contribution in [3.8, 4) is 0 Å². The van der Waals surface area contributed by atoms with Crippen LogP contribution in [0.15, 0.2) is 0 Å². The highest BCUT2D eigenvalue weighted by Gasteiger charge is 2.43. The second-order valence-electron chi connectivity index (χ2n) is 10.7. The second kappa shape index (κ2) is 12.2. The first-order chi connectivity index (χ1) is 12.7. The SMILES string of the molecule is CCC([CH2][Al]1[CH2]CCC(CC(CC)C(C)C)(CC(CC)C(C)C)[O]1)C(C)C. The lowest BCUT2D eigenvalue weighted by molar-refractivity contribution is -0.0188. The van der Waals surface area contributed by atoms with Crippen LogP contribution in [0.1, 0.15) is 107 Å². The van der Waals surface area contributed by atoms with E-state index in [0.717, 1.165) is 35.5 Å². The Morgan fingerprint density at radius 1 is 0.741 bits per heavy atom. The monoisotopic (exact) mass is 394 g/mol. The van der Waals surface area contributed by atoms with Crippen LogP contribution in [-0.2, 0) is 3.79 Å². The molecule has 1 aliphatic rings. The maximum absolute atomic E-state index is 7.26. The van der Waals surface area contributed by atoms with Gasteiger partial charge in [-0.15, -0.1) is 0 Å². The molecule has 3 atom stereocenters. The molecule has 1 saturated heterocycles. The van der Waals surface area contributed by atoms with Crippen LogP contribution < -0.4 is 0 Å². The van der Waals surface area contributed by atoms with Crippen molar-refractivity contribution in [3.05, 3.63) is 0 Å². The fraction of sp³-hybridized carbons (Fsp3) is 1.00. The highest BCUT2D eigenvalue weighted by atomic mass is 27.2. The molecule has 1 nitrogen and oxygen atoms in total. The summed E-state index contributed by atoms with van der Waals surface area (Å²) in [5.41, 5.74) is 0.195. The predicted octanol–water partition coefficient (Wildman–Crippen LogP) is 8.35. The molecule has 2 heteroatoms. The van der Waals surface area contributed by atoms with Gasteiger partial charge >= 0.3 is 14.5 Å². The summed E-state index contributed by atoms with van der Waals surface area (Å²) in [7, 11) is 0. The van der Waals surface area contributed by atoms with Gasteiger partial charge in [-0.1, -0.05) is 98.6 Å². The molecular formula is C25H51AlO. The van der Waals surface area contributed by atoms with Gasteiger partial charge in [0.1, 0.15) is 0 Å². The zero-order valence-corrected chi connectivity index (χ0v) is 21.5. The molecule has 0 aromatic rings. The Bertz CT molecular complexity index is 372. The summed E-state index contributed by atoms with van der Waals surface area (Å²) in [6.45, 7) is 21.7. The van der Waals surface area contributed by atoms with E-state index in [9.17, 15) is 0 Å². The largest absolute Gasteiger partial charge is 0.496 e. The third-order valence-electron chi connectivity index (χ3n) is 7.81. The number of hydrogen-bond acceptors (Lipinski definition) is 1. The van der Waals surface area contributed by atoms with Crippen molar-refractivity contribution < 1.29 is 3.79 Å². The molecule has 0 saturated carbocycles. The Hall–Kier alpha value is 0.492. The lowest BCUT2D eigenvalue weighted by Crippen LogP contribution is -2.47. The molecule has 0 aliphatic carbocycles. The van der Waals surface area contributed by atoms with Gasteiger partial charge in [-0.3, -0.25) is 0 Å². The Kier molecular flexibility index (Phi) is 11.6. The molecule has 0 radical (unpaired) electrons. The molecule has 0 aromatic heterocycles. The molecular weight excluding hydrogens is 343 g/mol. The lowest BCUT2D eigenvalue weighted by Gasteiger charge is -2.47. The van der Waals surface area contributed by atoms with Gasteiger partial charge in [0, 0.05) is 5.60 Å². The molecule has 160 valence electrons. The number of rotatable bonds is 12. The van der Waals surface area contributed by atoms with Crippen molar-refractivity contribution in [3.63, 3.8) is 0 Å². The zero-order valence-electron chi connectivity index (χ0n) is 20.3. The van der Waals surface area contributed by atoms with Crippen LogP contribution in [0.25, 0.3) is 0 Å². The van der Waals surface area contributed by atoms with Crippen molar-refractivity contribution >= 4 is 14.5 Å². The summed E-state index contributed by atoms with van der Waals surface area (Å²) in [6.07, 6.45) is 9.30. The Morgan fingerprint density at radius 3 is 1.56 bits per heavy atom. The highest BCUT2D eigenvalue weighted by Crippen LogP contribution is 2.44. The first-order valence-electron chi connectivity index (χ1n) is 12.4. The molecule has 0 amide bonds. The molecule has 1 rings (SSSR count). The maximum atomic E-state index is 7.26. The molecule has 27 heavy (non-hydrogen) atoms. The van der Waals surface area contributed by atoms with Gasteiger partial charge in [-0.2, -0.15) is 0 Å². The summed E-state index contributed by atoms with van der Waals surface area (Å²) in [5.74, 6) is 4.85. The Morgan fingerprint density at radius 2 is 1.19 bits per heavy atom. The fourth-order valence-corrected chi connectivity index (χ4v) is 9.26. The zero-order chi connectivity index (χ0) is 20.6. The van der Waals surface area contributed by atoms with E-state index >= 15 is 0 Å². The minimum atomic E-state index is -1.09. The molecule has 1 fully saturated rings. The molecule has 3 unspecified atom stereocenters. The van der Waals surface area contributed by atoms with Gasteiger partial charge < -0.3 is 3.79 Å². The molecule has 0 N–H and O–H groups in total. The summed E-state index contributed by atoms with van der Waals surface area (Å²) < 4.78 is 7.26. The summed E-state index contributed by atoms with van der Waals surface area (Å²) >= 11 is -1.09. The van der Waals surface area contributed by atoms with Crippen LogP contribution in [0.2, 0.25) is 10.6 Å². The first kappa shape index (κ1) is 25.5. The fourth-order valence-electron chi connectivity index (χ4n) is 5.58. The first-order valence-corrected chi connectivity index (χ1v) is 14.5. The van der Waals surface area contributed by atoms with Gasteiger partial charge in [-0.05, 0) is 54.8 Å². The molecule has 0 aromatic carbocycles.